The van der Waals surface area contributed by atoms with Gasteiger partial charge in [0, 0.05) is 24.8 Å². The van der Waals surface area contributed by atoms with Crippen molar-refractivity contribution in [1.82, 2.24) is 9.97 Å². The third-order valence-corrected chi connectivity index (χ3v) is 5.20. The molecule has 5 nitrogen and oxygen atoms in total. The summed E-state index contributed by atoms with van der Waals surface area (Å²) in [5, 5.41) is 3.35. The van der Waals surface area contributed by atoms with Crippen molar-refractivity contribution in [2.45, 2.75) is 32.6 Å². The number of amides is 1. The fraction of sp³-hybridized carbons (Fsp3) is 0.292. The Labute approximate surface area is 171 Å². The average Bonchev–Trinajstić information content (AvgIpc) is 2.76. The van der Waals surface area contributed by atoms with E-state index in [4.69, 9.17) is 0 Å². The molecule has 0 unspecified atom stereocenters. The van der Waals surface area contributed by atoms with Crippen molar-refractivity contribution in [3.05, 3.63) is 83.3 Å². The van der Waals surface area contributed by atoms with Crippen molar-refractivity contribution < 1.29 is 4.79 Å². The molecule has 3 aromatic rings. The van der Waals surface area contributed by atoms with E-state index in [0.717, 1.165) is 44.5 Å². The molecule has 0 atom stereocenters. The van der Waals surface area contributed by atoms with Crippen LogP contribution in [0.25, 0.3) is 0 Å². The lowest BCUT2D eigenvalue weighted by molar-refractivity contribution is 0.0980. The molecule has 2 aromatic carbocycles. The van der Waals surface area contributed by atoms with Gasteiger partial charge in [-0.05, 0) is 49.8 Å². The third kappa shape index (κ3) is 4.62. The Morgan fingerprint density at radius 1 is 1.07 bits per heavy atom. The van der Waals surface area contributed by atoms with Crippen LogP contribution in [0, 0.1) is 6.92 Å². The first-order chi connectivity index (χ1) is 14.2. The zero-order valence-electron chi connectivity index (χ0n) is 16.8. The Bertz CT molecular complexity index is 987. The van der Waals surface area contributed by atoms with Crippen LogP contribution in [-0.4, -0.2) is 29.0 Å². The lowest BCUT2D eigenvalue weighted by Gasteiger charge is -2.29. The second-order valence-corrected chi connectivity index (χ2v) is 7.39. The summed E-state index contributed by atoms with van der Waals surface area (Å²) in [6.07, 6.45) is 3.98. The third-order valence-electron chi connectivity index (χ3n) is 5.20. The molecule has 1 aliphatic rings. The number of hydrogen-bond donors (Lipinski definition) is 1. The Hall–Kier alpha value is -3.21. The smallest absolute Gasteiger partial charge is 0.277 e. The number of para-hydroxylation sites is 1. The Morgan fingerprint density at radius 2 is 1.86 bits per heavy atom. The Kier molecular flexibility index (Phi) is 5.84. The second kappa shape index (κ2) is 8.86. The zero-order chi connectivity index (χ0) is 20.1. The molecule has 148 valence electrons. The molecule has 0 radical (unpaired) electrons. The van der Waals surface area contributed by atoms with Gasteiger partial charge in [-0.3, -0.25) is 4.79 Å². The highest BCUT2D eigenvalue weighted by Crippen LogP contribution is 2.28. The maximum atomic E-state index is 13.2. The molecule has 0 saturated carbocycles. The lowest BCUT2D eigenvalue weighted by atomic mass is 10.0. The van der Waals surface area contributed by atoms with Crippen molar-refractivity contribution in [3.8, 4) is 0 Å². The van der Waals surface area contributed by atoms with Crippen LogP contribution < -0.4 is 10.2 Å². The van der Waals surface area contributed by atoms with E-state index in [1.54, 1.807) is 6.07 Å². The highest BCUT2D eigenvalue weighted by Gasteiger charge is 2.24. The first-order valence-corrected chi connectivity index (χ1v) is 10.2. The predicted molar refractivity (Wildman–Crippen MR) is 116 cm³/mol. The molecule has 1 aliphatic heterocycles. The highest BCUT2D eigenvalue weighted by atomic mass is 16.2. The zero-order valence-corrected chi connectivity index (χ0v) is 16.8. The summed E-state index contributed by atoms with van der Waals surface area (Å²) < 4.78 is 0. The molecule has 0 spiro atoms. The van der Waals surface area contributed by atoms with Gasteiger partial charge in [-0.2, -0.15) is 0 Å². The molecular formula is C24H26N4O. The molecule has 0 bridgehead atoms. The summed E-state index contributed by atoms with van der Waals surface area (Å²) >= 11 is 0. The maximum absolute atomic E-state index is 13.2. The fourth-order valence-electron chi connectivity index (χ4n) is 3.80. The van der Waals surface area contributed by atoms with E-state index in [-0.39, 0.29) is 5.91 Å². The molecule has 4 rings (SSSR count). The number of carbonyl (C=O) groups excluding carboxylic acids is 1. The van der Waals surface area contributed by atoms with Gasteiger partial charge in [-0.15, -0.1) is 0 Å². The van der Waals surface area contributed by atoms with Gasteiger partial charge in [0.05, 0.1) is 0 Å². The summed E-state index contributed by atoms with van der Waals surface area (Å²) in [7, 11) is 0. The number of hydrogen-bond acceptors (Lipinski definition) is 4. The Morgan fingerprint density at radius 3 is 2.72 bits per heavy atom. The van der Waals surface area contributed by atoms with E-state index in [2.05, 4.69) is 45.6 Å². The van der Waals surface area contributed by atoms with E-state index in [0.29, 0.717) is 17.3 Å². The number of benzene rings is 2. The molecule has 1 amide bonds. The molecule has 29 heavy (non-hydrogen) atoms. The highest BCUT2D eigenvalue weighted by molar-refractivity contribution is 6.05. The molecule has 5 heteroatoms. The molecule has 0 saturated heterocycles. The van der Waals surface area contributed by atoms with Crippen molar-refractivity contribution in [2.24, 2.45) is 0 Å². The monoisotopic (exact) mass is 386 g/mol. The SMILES string of the molecule is Cc1nc(NCCCc2ccccc2)cc(C(=O)N2CCCc3ccccc32)n1. The summed E-state index contributed by atoms with van der Waals surface area (Å²) in [6, 6.07) is 20.3. The van der Waals surface area contributed by atoms with Crippen molar-refractivity contribution >= 4 is 17.4 Å². The number of nitrogens with one attached hydrogen (secondary N) is 1. The number of nitrogens with zero attached hydrogens (tertiary/aromatic N) is 3. The summed E-state index contributed by atoms with van der Waals surface area (Å²) in [5.74, 6) is 1.25. The van der Waals surface area contributed by atoms with Crippen LogP contribution in [0.2, 0.25) is 0 Å². The average molecular weight is 386 g/mol. The van der Waals surface area contributed by atoms with Gasteiger partial charge in [0.25, 0.3) is 5.91 Å². The first kappa shape index (κ1) is 19.1. The Balaban J connectivity index is 1.44. The number of anilines is 2. The minimum absolute atomic E-state index is 0.0602. The largest absolute Gasteiger partial charge is 0.370 e. The van der Waals surface area contributed by atoms with E-state index in [9.17, 15) is 4.79 Å². The van der Waals surface area contributed by atoms with Gasteiger partial charge in [-0.25, -0.2) is 9.97 Å². The van der Waals surface area contributed by atoms with Crippen molar-refractivity contribution in [1.29, 1.82) is 0 Å². The minimum Gasteiger partial charge on any atom is -0.370 e. The lowest BCUT2D eigenvalue weighted by Crippen LogP contribution is -2.36. The van der Waals surface area contributed by atoms with Gasteiger partial charge in [0.2, 0.25) is 0 Å². The van der Waals surface area contributed by atoms with Gasteiger partial charge in [0.1, 0.15) is 17.3 Å². The van der Waals surface area contributed by atoms with Gasteiger partial charge >= 0.3 is 0 Å². The van der Waals surface area contributed by atoms with Crippen LogP contribution in [0.1, 0.15) is 40.3 Å². The van der Waals surface area contributed by atoms with E-state index in [1.165, 1.54) is 11.1 Å². The number of fused-ring (bicyclic) bond motifs is 1. The van der Waals surface area contributed by atoms with E-state index in [1.807, 2.05) is 36.1 Å². The van der Waals surface area contributed by atoms with Crippen LogP contribution in [0.15, 0.2) is 60.7 Å². The molecule has 2 heterocycles. The van der Waals surface area contributed by atoms with Gasteiger partial charge in [0.15, 0.2) is 0 Å². The number of rotatable bonds is 6. The van der Waals surface area contributed by atoms with Crippen LogP contribution >= 0.6 is 0 Å². The van der Waals surface area contributed by atoms with Crippen LogP contribution in [-0.2, 0) is 12.8 Å². The molecule has 1 N–H and O–H groups in total. The first-order valence-electron chi connectivity index (χ1n) is 10.2. The predicted octanol–water partition coefficient (Wildman–Crippen LogP) is 4.42. The topological polar surface area (TPSA) is 58.1 Å². The van der Waals surface area contributed by atoms with Crippen LogP contribution in [0.4, 0.5) is 11.5 Å². The van der Waals surface area contributed by atoms with Gasteiger partial charge in [-0.1, -0.05) is 48.5 Å². The van der Waals surface area contributed by atoms with Crippen molar-refractivity contribution in [3.63, 3.8) is 0 Å². The van der Waals surface area contributed by atoms with E-state index < -0.39 is 0 Å². The summed E-state index contributed by atoms with van der Waals surface area (Å²) in [4.78, 5) is 23.9. The van der Waals surface area contributed by atoms with Crippen LogP contribution in [0.3, 0.4) is 0 Å². The summed E-state index contributed by atoms with van der Waals surface area (Å²) in [5.41, 5.74) is 3.99. The normalized spacial score (nSPS) is 13.1. The fourth-order valence-corrected chi connectivity index (χ4v) is 3.80. The van der Waals surface area contributed by atoms with Crippen LogP contribution in [0.5, 0.6) is 0 Å². The number of aryl methyl sites for hydroxylation is 3. The molecule has 0 fully saturated rings. The number of aromatic nitrogens is 2. The maximum Gasteiger partial charge on any atom is 0.277 e. The molecule has 1 aromatic heterocycles. The van der Waals surface area contributed by atoms with E-state index >= 15 is 0 Å². The van der Waals surface area contributed by atoms with Gasteiger partial charge < -0.3 is 10.2 Å². The molecule has 0 aliphatic carbocycles. The standard InChI is InChI=1S/C24H26N4O/c1-18-26-21(24(29)28-16-8-13-20-12-5-6-14-22(20)28)17-23(27-18)25-15-7-11-19-9-3-2-4-10-19/h2-6,9-10,12,14,17H,7-8,11,13,15-16H2,1H3,(H,25,26,27). The quantitative estimate of drug-likeness (QED) is 0.637. The minimum atomic E-state index is -0.0602. The van der Waals surface area contributed by atoms with Crippen molar-refractivity contribution in [2.75, 3.05) is 23.3 Å². The second-order valence-electron chi connectivity index (χ2n) is 7.39. The molecular weight excluding hydrogens is 360 g/mol. The number of carbonyl (C=O) groups is 1. The summed E-state index contributed by atoms with van der Waals surface area (Å²) in [6.45, 7) is 3.35.